The molecular formula is C15H17ClN2O. The lowest BCUT2D eigenvalue weighted by Gasteiger charge is -2.13. The normalized spacial score (nSPS) is 10.7. The summed E-state index contributed by atoms with van der Waals surface area (Å²) in [5.41, 5.74) is 1.08. The molecule has 0 fully saturated rings. The zero-order valence-corrected chi connectivity index (χ0v) is 11.8. The standard InChI is InChI=1S/C15H17ClN2O/c1-11(2)18-9-12-7-8-17-10-15(12)19-14-5-3-13(16)4-6-14/h3-8,10-11,18H,9H2,1-2H3. The van der Waals surface area contributed by atoms with Crippen LogP contribution in [0.5, 0.6) is 11.5 Å². The molecule has 2 aromatic rings. The fourth-order valence-electron chi connectivity index (χ4n) is 1.59. The van der Waals surface area contributed by atoms with Gasteiger partial charge in [-0.2, -0.15) is 0 Å². The molecule has 1 aromatic carbocycles. The Morgan fingerprint density at radius 1 is 1.21 bits per heavy atom. The Kier molecular flexibility index (Phi) is 4.77. The van der Waals surface area contributed by atoms with Crippen molar-refractivity contribution in [2.45, 2.75) is 26.4 Å². The monoisotopic (exact) mass is 276 g/mol. The van der Waals surface area contributed by atoms with Gasteiger partial charge in [-0.1, -0.05) is 25.4 Å². The van der Waals surface area contributed by atoms with Crippen molar-refractivity contribution in [2.75, 3.05) is 0 Å². The first-order chi connectivity index (χ1) is 9.15. The van der Waals surface area contributed by atoms with E-state index in [9.17, 15) is 0 Å². The molecule has 100 valence electrons. The number of nitrogens with one attached hydrogen (secondary N) is 1. The quantitative estimate of drug-likeness (QED) is 0.895. The number of ether oxygens (including phenoxy) is 1. The lowest BCUT2D eigenvalue weighted by molar-refractivity contribution is 0.467. The van der Waals surface area contributed by atoms with Crippen LogP contribution < -0.4 is 10.1 Å². The molecule has 1 N–H and O–H groups in total. The fourth-order valence-corrected chi connectivity index (χ4v) is 1.72. The summed E-state index contributed by atoms with van der Waals surface area (Å²) in [5.74, 6) is 1.51. The van der Waals surface area contributed by atoms with Crippen LogP contribution in [-0.2, 0) is 6.54 Å². The maximum atomic E-state index is 5.85. The van der Waals surface area contributed by atoms with Crippen molar-refractivity contribution in [1.82, 2.24) is 10.3 Å². The van der Waals surface area contributed by atoms with Gasteiger partial charge in [-0.3, -0.25) is 4.98 Å². The zero-order chi connectivity index (χ0) is 13.7. The molecular weight excluding hydrogens is 260 g/mol. The van der Waals surface area contributed by atoms with E-state index in [0.717, 1.165) is 23.6 Å². The van der Waals surface area contributed by atoms with E-state index in [1.165, 1.54) is 0 Å². The molecule has 0 atom stereocenters. The Balaban J connectivity index is 2.13. The van der Waals surface area contributed by atoms with Crippen molar-refractivity contribution in [3.05, 3.63) is 53.3 Å². The van der Waals surface area contributed by atoms with Gasteiger partial charge in [-0.05, 0) is 30.3 Å². The van der Waals surface area contributed by atoms with Crippen molar-refractivity contribution in [1.29, 1.82) is 0 Å². The van der Waals surface area contributed by atoms with E-state index in [1.807, 2.05) is 18.2 Å². The number of hydrogen-bond acceptors (Lipinski definition) is 3. The minimum absolute atomic E-state index is 0.427. The zero-order valence-electron chi connectivity index (χ0n) is 11.1. The molecule has 0 saturated heterocycles. The minimum atomic E-state index is 0.427. The van der Waals surface area contributed by atoms with Crippen molar-refractivity contribution in [3.63, 3.8) is 0 Å². The average Bonchev–Trinajstić information content (AvgIpc) is 2.40. The van der Waals surface area contributed by atoms with Gasteiger partial charge in [0.05, 0.1) is 6.20 Å². The van der Waals surface area contributed by atoms with Crippen LogP contribution in [0.1, 0.15) is 19.4 Å². The van der Waals surface area contributed by atoms with Crippen LogP contribution in [0.4, 0.5) is 0 Å². The van der Waals surface area contributed by atoms with Gasteiger partial charge in [0.25, 0.3) is 0 Å². The molecule has 0 aliphatic heterocycles. The average molecular weight is 277 g/mol. The maximum Gasteiger partial charge on any atom is 0.150 e. The van der Waals surface area contributed by atoms with Crippen molar-refractivity contribution >= 4 is 11.6 Å². The lowest BCUT2D eigenvalue weighted by atomic mass is 10.2. The molecule has 0 saturated carbocycles. The molecule has 0 bridgehead atoms. The summed E-state index contributed by atoms with van der Waals surface area (Å²) in [6, 6.07) is 9.68. The first kappa shape index (κ1) is 13.8. The Morgan fingerprint density at radius 3 is 2.63 bits per heavy atom. The van der Waals surface area contributed by atoms with Gasteiger partial charge in [0.1, 0.15) is 11.5 Å². The van der Waals surface area contributed by atoms with E-state index < -0.39 is 0 Å². The summed E-state index contributed by atoms with van der Waals surface area (Å²) in [6.07, 6.45) is 3.50. The number of halogens is 1. The number of aromatic nitrogens is 1. The van der Waals surface area contributed by atoms with Crippen LogP contribution in [-0.4, -0.2) is 11.0 Å². The van der Waals surface area contributed by atoms with E-state index in [4.69, 9.17) is 16.3 Å². The third kappa shape index (κ3) is 4.23. The van der Waals surface area contributed by atoms with Gasteiger partial charge >= 0.3 is 0 Å². The molecule has 0 aliphatic carbocycles. The van der Waals surface area contributed by atoms with Gasteiger partial charge < -0.3 is 10.1 Å². The van der Waals surface area contributed by atoms with Gasteiger partial charge in [0, 0.05) is 29.4 Å². The first-order valence-corrected chi connectivity index (χ1v) is 6.62. The highest BCUT2D eigenvalue weighted by Gasteiger charge is 2.05. The molecule has 1 aromatic heterocycles. The highest BCUT2D eigenvalue weighted by atomic mass is 35.5. The smallest absolute Gasteiger partial charge is 0.150 e. The summed E-state index contributed by atoms with van der Waals surface area (Å²) >= 11 is 5.85. The molecule has 0 aliphatic rings. The van der Waals surface area contributed by atoms with E-state index in [0.29, 0.717) is 11.1 Å². The van der Waals surface area contributed by atoms with Crippen LogP contribution in [0.15, 0.2) is 42.7 Å². The number of nitrogens with zero attached hydrogens (tertiary/aromatic N) is 1. The van der Waals surface area contributed by atoms with Crippen molar-refractivity contribution in [3.8, 4) is 11.5 Å². The predicted octanol–water partition coefficient (Wildman–Crippen LogP) is 4.03. The van der Waals surface area contributed by atoms with Crippen molar-refractivity contribution < 1.29 is 4.74 Å². The van der Waals surface area contributed by atoms with E-state index in [-0.39, 0.29) is 0 Å². The number of benzene rings is 1. The van der Waals surface area contributed by atoms with Crippen LogP contribution in [0, 0.1) is 0 Å². The van der Waals surface area contributed by atoms with E-state index in [1.54, 1.807) is 24.5 Å². The van der Waals surface area contributed by atoms with Crippen LogP contribution in [0.3, 0.4) is 0 Å². The van der Waals surface area contributed by atoms with Crippen LogP contribution in [0.2, 0.25) is 5.02 Å². The SMILES string of the molecule is CC(C)NCc1ccncc1Oc1ccc(Cl)cc1. The molecule has 0 spiro atoms. The second kappa shape index (κ2) is 6.55. The Bertz CT molecular complexity index is 526. The summed E-state index contributed by atoms with van der Waals surface area (Å²) in [5, 5.41) is 4.06. The maximum absolute atomic E-state index is 5.85. The third-order valence-corrected chi connectivity index (χ3v) is 2.86. The molecule has 2 rings (SSSR count). The van der Waals surface area contributed by atoms with Gasteiger partial charge in [0.15, 0.2) is 0 Å². The predicted molar refractivity (Wildman–Crippen MR) is 77.7 cm³/mol. The largest absolute Gasteiger partial charge is 0.455 e. The molecule has 19 heavy (non-hydrogen) atoms. The number of rotatable bonds is 5. The van der Waals surface area contributed by atoms with Crippen LogP contribution >= 0.6 is 11.6 Å². The van der Waals surface area contributed by atoms with Crippen molar-refractivity contribution in [2.24, 2.45) is 0 Å². The summed E-state index contributed by atoms with van der Waals surface area (Å²) in [4.78, 5) is 4.11. The topological polar surface area (TPSA) is 34.2 Å². The number of hydrogen-bond donors (Lipinski definition) is 1. The molecule has 0 unspecified atom stereocenters. The number of pyridine rings is 1. The fraction of sp³-hybridized carbons (Fsp3) is 0.267. The van der Waals surface area contributed by atoms with Gasteiger partial charge in [0.2, 0.25) is 0 Å². The lowest BCUT2D eigenvalue weighted by Crippen LogP contribution is -2.22. The highest BCUT2D eigenvalue weighted by molar-refractivity contribution is 6.30. The van der Waals surface area contributed by atoms with Gasteiger partial charge in [-0.25, -0.2) is 0 Å². The highest BCUT2D eigenvalue weighted by Crippen LogP contribution is 2.25. The van der Waals surface area contributed by atoms with E-state index >= 15 is 0 Å². The van der Waals surface area contributed by atoms with Gasteiger partial charge in [-0.15, -0.1) is 0 Å². The first-order valence-electron chi connectivity index (χ1n) is 6.25. The van der Waals surface area contributed by atoms with Crippen LogP contribution in [0.25, 0.3) is 0 Å². The Hall–Kier alpha value is -1.58. The summed E-state index contributed by atoms with van der Waals surface area (Å²) < 4.78 is 5.84. The molecule has 0 amide bonds. The molecule has 3 nitrogen and oxygen atoms in total. The third-order valence-electron chi connectivity index (χ3n) is 2.61. The second-order valence-corrected chi connectivity index (χ2v) is 5.01. The molecule has 1 heterocycles. The Labute approximate surface area is 118 Å². The second-order valence-electron chi connectivity index (χ2n) is 4.57. The summed E-state index contributed by atoms with van der Waals surface area (Å²) in [6.45, 7) is 4.98. The summed E-state index contributed by atoms with van der Waals surface area (Å²) in [7, 11) is 0. The molecule has 4 heteroatoms. The Morgan fingerprint density at radius 2 is 1.95 bits per heavy atom. The molecule has 0 radical (unpaired) electrons. The van der Waals surface area contributed by atoms with E-state index in [2.05, 4.69) is 24.1 Å². The minimum Gasteiger partial charge on any atom is -0.455 e.